The molecule has 0 unspecified atom stereocenters. The SMILES string of the molecule is COc1ccc(CC(=O)N2CCN(c3ccc(NC(=O)c4ccc([N+](=O)[O-])cc4)cc3)CC2)cc1. The van der Waals surface area contributed by atoms with Gasteiger partial charge in [0.15, 0.2) is 0 Å². The van der Waals surface area contributed by atoms with Crippen LogP contribution in [0.4, 0.5) is 17.1 Å². The average molecular weight is 475 g/mol. The van der Waals surface area contributed by atoms with Crippen molar-refractivity contribution in [2.24, 2.45) is 0 Å². The molecule has 35 heavy (non-hydrogen) atoms. The van der Waals surface area contributed by atoms with Crippen LogP contribution in [0, 0.1) is 10.1 Å². The fourth-order valence-electron chi connectivity index (χ4n) is 3.94. The first-order chi connectivity index (χ1) is 16.9. The van der Waals surface area contributed by atoms with Crippen LogP contribution in [0.3, 0.4) is 0 Å². The van der Waals surface area contributed by atoms with E-state index in [1.54, 1.807) is 7.11 Å². The molecule has 2 amide bonds. The van der Waals surface area contributed by atoms with E-state index in [0.717, 1.165) is 30.1 Å². The highest BCUT2D eigenvalue weighted by atomic mass is 16.6. The number of methoxy groups -OCH3 is 1. The van der Waals surface area contributed by atoms with Crippen molar-refractivity contribution in [3.8, 4) is 5.75 Å². The van der Waals surface area contributed by atoms with E-state index in [2.05, 4.69) is 10.2 Å². The molecular weight excluding hydrogens is 448 g/mol. The summed E-state index contributed by atoms with van der Waals surface area (Å²) in [6.45, 7) is 2.74. The minimum absolute atomic E-state index is 0.0616. The lowest BCUT2D eigenvalue weighted by Gasteiger charge is -2.36. The molecule has 3 aromatic rings. The molecule has 0 atom stereocenters. The second kappa shape index (κ2) is 10.7. The van der Waals surface area contributed by atoms with E-state index in [-0.39, 0.29) is 17.5 Å². The van der Waals surface area contributed by atoms with Crippen LogP contribution in [0.1, 0.15) is 15.9 Å². The highest BCUT2D eigenvalue weighted by Gasteiger charge is 2.21. The molecule has 0 aliphatic carbocycles. The van der Waals surface area contributed by atoms with Gasteiger partial charge in [-0.3, -0.25) is 19.7 Å². The number of non-ortho nitro benzene ring substituents is 1. The van der Waals surface area contributed by atoms with Gasteiger partial charge in [0.05, 0.1) is 18.5 Å². The number of piperazine rings is 1. The van der Waals surface area contributed by atoms with Gasteiger partial charge in [-0.05, 0) is 54.1 Å². The van der Waals surface area contributed by atoms with Gasteiger partial charge in [0.1, 0.15) is 5.75 Å². The normalized spacial score (nSPS) is 13.3. The number of carbonyl (C=O) groups is 2. The molecule has 0 saturated carbocycles. The Hall–Kier alpha value is -4.40. The van der Waals surface area contributed by atoms with Crippen molar-refractivity contribution in [1.82, 2.24) is 4.90 Å². The predicted octanol–water partition coefficient (Wildman–Crippen LogP) is 3.75. The van der Waals surface area contributed by atoms with Gasteiger partial charge in [0, 0.05) is 55.2 Å². The number of nitrogens with zero attached hydrogens (tertiary/aromatic N) is 3. The standard InChI is InChI=1S/C26H26N4O5/c1-35-24-12-2-19(3-13-24)18-25(31)29-16-14-28(15-17-29)22-10-6-21(7-11-22)27-26(32)20-4-8-23(9-5-20)30(33)34/h2-13H,14-18H2,1H3,(H,27,32). The van der Waals surface area contributed by atoms with Crippen LogP contribution in [-0.4, -0.2) is 54.9 Å². The maximum atomic E-state index is 12.7. The fourth-order valence-corrected chi connectivity index (χ4v) is 3.94. The number of nitrogens with one attached hydrogen (secondary N) is 1. The van der Waals surface area contributed by atoms with Gasteiger partial charge in [0.2, 0.25) is 5.91 Å². The molecule has 1 aliphatic heterocycles. The molecule has 0 spiro atoms. The van der Waals surface area contributed by atoms with Crippen LogP contribution < -0.4 is 15.0 Å². The van der Waals surface area contributed by atoms with Crippen LogP contribution in [0.5, 0.6) is 5.75 Å². The van der Waals surface area contributed by atoms with Gasteiger partial charge in [-0.2, -0.15) is 0 Å². The molecule has 1 saturated heterocycles. The summed E-state index contributed by atoms with van der Waals surface area (Å²) < 4.78 is 5.16. The Morgan fingerprint density at radius 2 is 1.54 bits per heavy atom. The first-order valence-corrected chi connectivity index (χ1v) is 11.2. The Kier molecular flexibility index (Phi) is 7.25. The summed E-state index contributed by atoms with van der Waals surface area (Å²) in [4.78, 5) is 39.4. The number of nitro groups is 1. The number of hydrogen-bond donors (Lipinski definition) is 1. The number of benzene rings is 3. The van der Waals surface area contributed by atoms with E-state index in [4.69, 9.17) is 4.74 Å². The lowest BCUT2D eigenvalue weighted by Crippen LogP contribution is -2.49. The van der Waals surface area contributed by atoms with Gasteiger partial charge in [0.25, 0.3) is 11.6 Å². The van der Waals surface area contributed by atoms with E-state index in [1.807, 2.05) is 53.4 Å². The topological polar surface area (TPSA) is 105 Å². The largest absolute Gasteiger partial charge is 0.497 e. The molecule has 0 radical (unpaired) electrons. The lowest BCUT2D eigenvalue weighted by molar-refractivity contribution is -0.384. The van der Waals surface area contributed by atoms with Crippen molar-refractivity contribution in [3.63, 3.8) is 0 Å². The van der Waals surface area contributed by atoms with Crippen LogP contribution in [-0.2, 0) is 11.2 Å². The Balaban J connectivity index is 1.28. The summed E-state index contributed by atoms with van der Waals surface area (Å²) in [7, 11) is 1.62. The van der Waals surface area contributed by atoms with Crippen molar-refractivity contribution in [1.29, 1.82) is 0 Å². The summed E-state index contributed by atoms with van der Waals surface area (Å²) in [5.41, 5.74) is 2.89. The summed E-state index contributed by atoms with van der Waals surface area (Å²) in [6, 6.07) is 20.5. The van der Waals surface area contributed by atoms with E-state index >= 15 is 0 Å². The van der Waals surface area contributed by atoms with E-state index < -0.39 is 4.92 Å². The lowest BCUT2D eigenvalue weighted by atomic mass is 10.1. The third-order valence-corrected chi connectivity index (χ3v) is 5.98. The third-order valence-electron chi connectivity index (χ3n) is 5.98. The summed E-state index contributed by atoms with van der Waals surface area (Å²) in [5, 5.41) is 13.6. The Morgan fingerprint density at radius 1 is 0.914 bits per heavy atom. The highest BCUT2D eigenvalue weighted by Crippen LogP contribution is 2.21. The fraction of sp³-hybridized carbons (Fsp3) is 0.231. The monoisotopic (exact) mass is 474 g/mol. The van der Waals surface area contributed by atoms with E-state index in [0.29, 0.717) is 30.8 Å². The van der Waals surface area contributed by atoms with Gasteiger partial charge in [-0.15, -0.1) is 0 Å². The van der Waals surface area contributed by atoms with Gasteiger partial charge in [-0.25, -0.2) is 0 Å². The number of nitro benzene ring substituents is 1. The highest BCUT2D eigenvalue weighted by molar-refractivity contribution is 6.04. The van der Waals surface area contributed by atoms with E-state index in [1.165, 1.54) is 24.3 Å². The van der Waals surface area contributed by atoms with Crippen molar-refractivity contribution in [3.05, 3.63) is 94.0 Å². The summed E-state index contributed by atoms with van der Waals surface area (Å²) in [5.74, 6) is 0.544. The van der Waals surface area contributed by atoms with Crippen molar-refractivity contribution in [2.45, 2.75) is 6.42 Å². The van der Waals surface area contributed by atoms with Gasteiger partial charge in [-0.1, -0.05) is 12.1 Å². The Morgan fingerprint density at radius 3 is 2.11 bits per heavy atom. The second-order valence-electron chi connectivity index (χ2n) is 8.20. The van der Waals surface area contributed by atoms with Crippen molar-refractivity contribution >= 4 is 28.9 Å². The third kappa shape index (κ3) is 5.94. The van der Waals surface area contributed by atoms with E-state index in [9.17, 15) is 19.7 Å². The molecular formula is C26H26N4O5. The Bertz CT molecular complexity index is 1190. The smallest absolute Gasteiger partial charge is 0.269 e. The van der Waals surface area contributed by atoms with Crippen LogP contribution in [0.25, 0.3) is 0 Å². The molecule has 9 nitrogen and oxygen atoms in total. The molecule has 0 aromatic heterocycles. The zero-order valence-electron chi connectivity index (χ0n) is 19.3. The van der Waals surface area contributed by atoms with Crippen LogP contribution in [0.15, 0.2) is 72.8 Å². The predicted molar refractivity (Wildman–Crippen MR) is 133 cm³/mol. The summed E-state index contributed by atoms with van der Waals surface area (Å²) >= 11 is 0. The molecule has 1 N–H and O–H groups in total. The number of anilines is 2. The number of rotatable bonds is 7. The maximum absolute atomic E-state index is 12.7. The van der Waals surface area contributed by atoms with Crippen molar-refractivity contribution in [2.75, 3.05) is 43.5 Å². The van der Waals surface area contributed by atoms with Gasteiger partial charge >= 0.3 is 0 Å². The Labute approximate surface area is 203 Å². The minimum atomic E-state index is -0.503. The quantitative estimate of drug-likeness (QED) is 0.413. The number of amides is 2. The molecule has 1 heterocycles. The molecule has 4 rings (SSSR count). The number of hydrogen-bond acceptors (Lipinski definition) is 6. The zero-order valence-corrected chi connectivity index (χ0v) is 19.3. The average Bonchev–Trinajstić information content (AvgIpc) is 2.89. The maximum Gasteiger partial charge on any atom is 0.269 e. The second-order valence-corrected chi connectivity index (χ2v) is 8.20. The molecule has 0 bridgehead atoms. The summed E-state index contributed by atoms with van der Waals surface area (Å²) in [6.07, 6.45) is 0.368. The molecule has 1 aliphatic rings. The van der Waals surface area contributed by atoms with Crippen LogP contribution >= 0.6 is 0 Å². The number of ether oxygens (including phenoxy) is 1. The van der Waals surface area contributed by atoms with Crippen molar-refractivity contribution < 1.29 is 19.2 Å². The first kappa shape index (κ1) is 23.7. The molecule has 9 heteroatoms. The first-order valence-electron chi connectivity index (χ1n) is 11.2. The molecule has 1 fully saturated rings. The van der Waals surface area contributed by atoms with Gasteiger partial charge < -0.3 is 19.9 Å². The molecule has 180 valence electrons. The number of carbonyl (C=O) groups excluding carboxylic acids is 2. The van der Waals surface area contributed by atoms with Crippen LogP contribution in [0.2, 0.25) is 0 Å². The minimum Gasteiger partial charge on any atom is -0.497 e. The zero-order chi connectivity index (χ0) is 24.8. The molecule has 3 aromatic carbocycles.